The molecule has 1 atom stereocenters. The number of ether oxygens (including phenoxy) is 2. The fraction of sp³-hybridized carbons (Fsp3) is 0.571. The summed E-state index contributed by atoms with van der Waals surface area (Å²) in [6.07, 6.45) is 4.90. The summed E-state index contributed by atoms with van der Waals surface area (Å²) in [5, 5.41) is 8.26. The molecule has 0 saturated carbocycles. The Labute approximate surface area is 165 Å². The Morgan fingerprint density at radius 3 is 2.89 bits per heavy atom. The van der Waals surface area contributed by atoms with Crippen LogP contribution in [0.25, 0.3) is 0 Å². The SMILES string of the molecule is CC(C)n1cnnc1CCN1C[C@](C)(Cc2ccc3c(c2)OCO3)CCC1=O. The zero-order valence-electron chi connectivity index (χ0n) is 16.9. The fourth-order valence-corrected chi connectivity index (χ4v) is 4.20. The summed E-state index contributed by atoms with van der Waals surface area (Å²) in [7, 11) is 0. The molecule has 150 valence electrons. The predicted octanol–water partition coefficient (Wildman–Crippen LogP) is 3.00. The molecule has 1 amide bonds. The highest BCUT2D eigenvalue weighted by Gasteiger charge is 2.35. The van der Waals surface area contributed by atoms with Crippen LogP contribution in [0.15, 0.2) is 24.5 Å². The molecular formula is C21H28N4O3. The molecule has 2 aliphatic rings. The van der Waals surface area contributed by atoms with Gasteiger partial charge in [0.15, 0.2) is 11.5 Å². The van der Waals surface area contributed by atoms with Crippen LogP contribution in [0.5, 0.6) is 11.5 Å². The first-order chi connectivity index (χ1) is 13.4. The Balaban J connectivity index is 1.42. The van der Waals surface area contributed by atoms with Gasteiger partial charge in [-0.05, 0) is 49.8 Å². The molecule has 3 heterocycles. The van der Waals surface area contributed by atoms with Crippen molar-refractivity contribution >= 4 is 5.91 Å². The number of aromatic nitrogens is 3. The molecule has 4 rings (SSSR count). The van der Waals surface area contributed by atoms with E-state index in [0.717, 1.165) is 43.1 Å². The van der Waals surface area contributed by atoms with Crippen LogP contribution in [0.3, 0.4) is 0 Å². The Morgan fingerprint density at radius 1 is 1.25 bits per heavy atom. The molecule has 0 aliphatic carbocycles. The number of amides is 1. The lowest BCUT2D eigenvalue weighted by atomic mass is 9.76. The highest BCUT2D eigenvalue weighted by molar-refractivity contribution is 5.77. The van der Waals surface area contributed by atoms with Crippen LogP contribution in [0.4, 0.5) is 0 Å². The second-order valence-corrected chi connectivity index (χ2v) is 8.49. The van der Waals surface area contributed by atoms with E-state index in [1.165, 1.54) is 5.56 Å². The van der Waals surface area contributed by atoms with E-state index in [4.69, 9.17) is 9.47 Å². The molecule has 0 N–H and O–H groups in total. The maximum Gasteiger partial charge on any atom is 0.231 e. The molecule has 1 aromatic heterocycles. The average molecular weight is 384 g/mol. The van der Waals surface area contributed by atoms with Gasteiger partial charge in [0.05, 0.1) is 0 Å². The molecule has 1 fully saturated rings. The van der Waals surface area contributed by atoms with Gasteiger partial charge < -0.3 is 18.9 Å². The van der Waals surface area contributed by atoms with Crippen molar-refractivity contribution in [1.82, 2.24) is 19.7 Å². The van der Waals surface area contributed by atoms with Crippen LogP contribution < -0.4 is 9.47 Å². The van der Waals surface area contributed by atoms with Crippen molar-refractivity contribution in [3.63, 3.8) is 0 Å². The molecule has 2 aromatic rings. The van der Waals surface area contributed by atoms with E-state index in [1.54, 1.807) is 6.33 Å². The molecule has 28 heavy (non-hydrogen) atoms. The van der Waals surface area contributed by atoms with Gasteiger partial charge in [0.25, 0.3) is 0 Å². The zero-order chi connectivity index (χ0) is 19.7. The molecule has 0 radical (unpaired) electrons. The largest absolute Gasteiger partial charge is 0.454 e. The predicted molar refractivity (Wildman–Crippen MR) is 104 cm³/mol. The van der Waals surface area contributed by atoms with Crippen LogP contribution in [0, 0.1) is 5.41 Å². The maximum atomic E-state index is 12.5. The van der Waals surface area contributed by atoms with Gasteiger partial charge in [0.1, 0.15) is 12.2 Å². The monoisotopic (exact) mass is 384 g/mol. The summed E-state index contributed by atoms with van der Waals surface area (Å²) < 4.78 is 13.0. The van der Waals surface area contributed by atoms with Gasteiger partial charge in [-0.3, -0.25) is 4.79 Å². The number of rotatable bonds is 6. The third-order valence-corrected chi connectivity index (χ3v) is 5.74. The number of carbonyl (C=O) groups is 1. The van der Waals surface area contributed by atoms with Crippen molar-refractivity contribution in [1.29, 1.82) is 0 Å². The number of fused-ring (bicyclic) bond motifs is 1. The number of piperidine rings is 1. The number of carbonyl (C=O) groups excluding carboxylic acids is 1. The van der Waals surface area contributed by atoms with Crippen LogP contribution in [-0.2, 0) is 17.6 Å². The quantitative estimate of drug-likeness (QED) is 0.766. The summed E-state index contributed by atoms with van der Waals surface area (Å²) in [6.45, 7) is 8.23. The minimum Gasteiger partial charge on any atom is -0.454 e. The van der Waals surface area contributed by atoms with Crippen LogP contribution in [0.2, 0.25) is 0 Å². The Kier molecular flexibility index (Phi) is 5.00. The summed E-state index contributed by atoms with van der Waals surface area (Å²) in [6, 6.07) is 6.47. The lowest BCUT2D eigenvalue weighted by molar-refractivity contribution is -0.137. The van der Waals surface area contributed by atoms with Crippen molar-refractivity contribution in [2.24, 2.45) is 5.41 Å². The standard InChI is InChI=1S/C21H28N4O3/c1-15(2)25-13-22-23-19(25)7-9-24-12-21(3,8-6-20(24)26)11-16-4-5-17-18(10-16)28-14-27-17/h4-5,10,13,15H,6-9,11-12,14H2,1-3H3/t21-/m0/s1. The van der Waals surface area contributed by atoms with E-state index in [9.17, 15) is 4.79 Å². The van der Waals surface area contributed by atoms with Gasteiger partial charge in [0, 0.05) is 32.0 Å². The lowest BCUT2D eigenvalue weighted by Crippen LogP contribution is -2.47. The number of hydrogen-bond acceptors (Lipinski definition) is 5. The highest BCUT2D eigenvalue weighted by atomic mass is 16.7. The molecule has 0 unspecified atom stereocenters. The first-order valence-corrected chi connectivity index (χ1v) is 9.98. The van der Waals surface area contributed by atoms with Gasteiger partial charge in [0.2, 0.25) is 12.7 Å². The van der Waals surface area contributed by atoms with Gasteiger partial charge in [-0.15, -0.1) is 10.2 Å². The summed E-state index contributed by atoms with van der Waals surface area (Å²) in [5.74, 6) is 2.80. The molecule has 7 heteroatoms. The number of nitrogens with zero attached hydrogens (tertiary/aromatic N) is 4. The topological polar surface area (TPSA) is 69.5 Å². The Morgan fingerprint density at radius 2 is 2.07 bits per heavy atom. The number of likely N-dealkylation sites (tertiary alicyclic amines) is 1. The molecule has 1 aromatic carbocycles. The molecule has 0 spiro atoms. The third kappa shape index (κ3) is 3.84. The van der Waals surface area contributed by atoms with E-state index in [2.05, 4.69) is 47.7 Å². The van der Waals surface area contributed by atoms with Crippen molar-refractivity contribution in [3.05, 3.63) is 35.9 Å². The Hall–Kier alpha value is -2.57. The Bertz CT molecular complexity index is 863. The van der Waals surface area contributed by atoms with Gasteiger partial charge in [-0.1, -0.05) is 13.0 Å². The average Bonchev–Trinajstić information content (AvgIpc) is 3.31. The summed E-state index contributed by atoms with van der Waals surface area (Å²) >= 11 is 0. The molecular weight excluding hydrogens is 356 g/mol. The van der Waals surface area contributed by atoms with Crippen molar-refractivity contribution in [2.45, 2.75) is 52.5 Å². The zero-order valence-corrected chi connectivity index (χ0v) is 16.9. The third-order valence-electron chi connectivity index (χ3n) is 5.74. The van der Waals surface area contributed by atoms with Crippen molar-refractivity contribution in [2.75, 3.05) is 19.9 Å². The summed E-state index contributed by atoms with van der Waals surface area (Å²) in [4.78, 5) is 14.5. The van der Waals surface area contributed by atoms with E-state index in [-0.39, 0.29) is 11.3 Å². The van der Waals surface area contributed by atoms with Gasteiger partial charge in [-0.2, -0.15) is 0 Å². The molecule has 0 bridgehead atoms. The first-order valence-electron chi connectivity index (χ1n) is 9.98. The minimum absolute atomic E-state index is 0.0489. The second-order valence-electron chi connectivity index (χ2n) is 8.49. The molecule has 1 saturated heterocycles. The highest BCUT2D eigenvalue weighted by Crippen LogP contribution is 2.37. The van der Waals surface area contributed by atoms with Crippen LogP contribution in [-0.4, -0.2) is 45.5 Å². The smallest absolute Gasteiger partial charge is 0.231 e. The fourth-order valence-electron chi connectivity index (χ4n) is 4.20. The maximum absolute atomic E-state index is 12.5. The lowest BCUT2D eigenvalue weighted by Gasteiger charge is -2.40. The van der Waals surface area contributed by atoms with Gasteiger partial charge in [-0.25, -0.2) is 0 Å². The second kappa shape index (κ2) is 7.45. The van der Waals surface area contributed by atoms with E-state index >= 15 is 0 Å². The summed E-state index contributed by atoms with van der Waals surface area (Å²) in [5.41, 5.74) is 1.27. The van der Waals surface area contributed by atoms with E-state index < -0.39 is 0 Å². The van der Waals surface area contributed by atoms with Crippen LogP contribution >= 0.6 is 0 Å². The van der Waals surface area contributed by atoms with E-state index in [0.29, 0.717) is 25.8 Å². The normalized spacial score (nSPS) is 21.6. The number of benzene rings is 1. The molecule has 7 nitrogen and oxygen atoms in total. The number of hydrogen-bond donors (Lipinski definition) is 0. The van der Waals surface area contributed by atoms with Crippen molar-refractivity contribution in [3.8, 4) is 11.5 Å². The van der Waals surface area contributed by atoms with Crippen molar-refractivity contribution < 1.29 is 14.3 Å². The minimum atomic E-state index is 0.0489. The van der Waals surface area contributed by atoms with Gasteiger partial charge >= 0.3 is 0 Å². The first kappa shape index (κ1) is 18.8. The van der Waals surface area contributed by atoms with E-state index in [1.807, 2.05) is 11.0 Å². The van der Waals surface area contributed by atoms with Crippen LogP contribution in [0.1, 0.15) is 51.0 Å². The molecule has 2 aliphatic heterocycles.